The smallest absolute Gasteiger partial charge is 0.416 e. The molecule has 1 aromatic heterocycles. The number of carbonyl (C=O) groups excluding carboxylic acids is 2. The van der Waals surface area contributed by atoms with Crippen molar-refractivity contribution in [2.45, 2.75) is 19.6 Å². The number of carbonyl (C=O) groups is 2. The summed E-state index contributed by atoms with van der Waals surface area (Å²) in [5.74, 6) is -1.25. The lowest BCUT2D eigenvalue weighted by atomic mass is 10.1. The number of esters is 1. The SMILES string of the molecule is CCOC(=O)/C=c1\s/c(=C\c2ccccc2C(F)(F)F)c(=O)n1CC(=O)NCCOC. The van der Waals surface area contributed by atoms with Crippen molar-refractivity contribution in [3.63, 3.8) is 0 Å². The van der Waals surface area contributed by atoms with Crippen LogP contribution in [0.15, 0.2) is 29.1 Å². The zero-order chi connectivity index (χ0) is 23.0. The van der Waals surface area contributed by atoms with Crippen LogP contribution in [0.1, 0.15) is 18.1 Å². The van der Waals surface area contributed by atoms with E-state index in [2.05, 4.69) is 5.32 Å². The molecule has 1 amide bonds. The Morgan fingerprint density at radius 3 is 2.61 bits per heavy atom. The molecule has 0 aliphatic carbocycles. The predicted octanol–water partition coefficient (Wildman–Crippen LogP) is 0.864. The van der Waals surface area contributed by atoms with Gasteiger partial charge < -0.3 is 14.8 Å². The Kier molecular flexibility index (Phi) is 8.57. The van der Waals surface area contributed by atoms with Gasteiger partial charge >= 0.3 is 12.1 Å². The fourth-order valence-corrected chi connectivity index (χ4v) is 3.61. The number of nitrogens with zero attached hydrogens (tertiary/aromatic N) is 1. The molecule has 0 saturated heterocycles. The summed E-state index contributed by atoms with van der Waals surface area (Å²) in [6.07, 6.45) is -2.48. The van der Waals surface area contributed by atoms with E-state index in [-0.39, 0.29) is 34.5 Å². The van der Waals surface area contributed by atoms with Crippen molar-refractivity contribution >= 4 is 35.4 Å². The molecule has 1 N–H and O–H groups in total. The molecule has 0 aliphatic heterocycles. The number of halogens is 3. The molecule has 2 rings (SSSR count). The van der Waals surface area contributed by atoms with E-state index in [0.29, 0.717) is 0 Å². The molecule has 7 nitrogen and oxygen atoms in total. The first-order valence-electron chi connectivity index (χ1n) is 9.19. The molecule has 1 heterocycles. The summed E-state index contributed by atoms with van der Waals surface area (Å²) in [6, 6.07) is 4.81. The van der Waals surface area contributed by atoms with Crippen LogP contribution in [-0.4, -0.2) is 43.3 Å². The van der Waals surface area contributed by atoms with E-state index < -0.39 is 35.7 Å². The van der Waals surface area contributed by atoms with Crippen LogP contribution in [0.2, 0.25) is 0 Å². The highest BCUT2D eigenvalue weighted by Gasteiger charge is 2.32. The fraction of sp³-hybridized carbons (Fsp3) is 0.350. The molecule has 0 radical (unpaired) electrons. The molecule has 0 atom stereocenters. The predicted molar refractivity (Wildman–Crippen MR) is 109 cm³/mol. The standard InChI is InChI=1S/C20H21F3N2O5S/c1-3-30-18(27)11-17-25(12-16(26)24-8-9-29-2)19(28)15(31-17)10-13-6-4-5-7-14(13)20(21,22)23/h4-7,10-11H,3,8-9,12H2,1-2H3,(H,24,26)/b15-10-,17-11-. The Morgan fingerprint density at radius 2 is 1.97 bits per heavy atom. The van der Waals surface area contributed by atoms with Gasteiger partial charge in [0.15, 0.2) is 0 Å². The van der Waals surface area contributed by atoms with Gasteiger partial charge in [0.25, 0.3) is 5.56 Å². The lowest BCUT2D eigenvalue weighted by Crippen LogP contribution is -2.39. The van der Waals surface area contributed by atoms with Gasteiger partial charge in [-0.1, -0.05) is 18.2 Å². The third-order valence-electron chi connectivity index (χ3n) is 3.95. The fourth-order valence-electron chi connectivity index (χ4n) is 2.59. The van der Waals surface area contributed by atoms with Crippen molar-refractivity contribution in [3.8, 4) is 0 Å². The average molecular weight is 458 g/mol. The van der Waals surface area contributed by atoms with Gasteiger partial charge in [0.1, 0.15) is 11.2 Å². The first kappa shape index (κ1) is 24.4. The molecule has 168 valence electrons. The second-order valence-corrected chi connectivity index (χ2v) is 7.23. The van der Waals surface area contributed by atoms with Crippen molar-refractivity contribution in [2.75, 3.05) is 26.9 Å². The normalized spacial score (nSPS) is 12.8. The van der Waals surface area contributed by atoms with Crippen LogP contribution >= 0.6 is 11.3 Å². The Hall–Kier alpha value is -2.92. The first-order valence-corrected chi connectivity index (χ1v) is 10.0. The van der Waals surface area contributed by atoms with Gasteiger partial charge in [-0.05, 0) is 24.6 Å². The van der Waals surface area contributed by atoms with Gasteiger partial charge in [-0.2, -0.15) is 13.2 Å². The highest BCUT2D eigenvalue weighted by molar-refractivity contribution is 7.07. The monoisotopic (exact) mass is 458 g/mol. The summed E-state index contributed by atoms with van der Waals surface area (Å²) < 4.78 is 50.6. The highest BCUT2D eigenvalue weighted by Crippen LogP contribution is 2.31. The minimum Gasteiger partial charge on any atom is -0.463 e. The van der Waals surface area contributed by atoms with E-state index in [1.807, 2.05) is 0 Å². The topological polar surface area (TPSA) is 86.6 Å². The molecule has 2 aromatic rings. The molecule has 31 heavy (non-hydrogen) atoms. The summed E-state index contributed by atoms with van der Waals surface area (Å²) in [5, 5.41) is 2.54. The van der Waals surface area contributed by atoms with Crippen LogP contribution in [0.3, 0.4) is 0 Å². The van der Waals surface area contributed by atoms with Gasteiger partial charge in [-0.25, -0.2) is 4.79 Å². The Balaban J connectivity index is 2.58. The van der Waals surface area contributed by atoms with E-state index >= 15 is 0 Å². The second-order valence-electron chi connectivity index (χ2n) is 6.16. The zero-order valence-corrected chi connectivity index (χ0v) is 17.6. The summed E-state index contributed by atoms with van der Waals surface area (Å²) in [5.41, 5.74) is -1.80. The lowest BCUT2D eigenvalue weighted by molar-refractivity contribution is -0.138. The van der Waals surface area contributed by atoms with Crippen molar-refractivity contribution in [1.29, 1.82) is 0 Å². The number of rotatable bonds is 8. The average Bonchev–Trinajstić information content (AvgIpc) is 2.96. The Labute approximate surface area is 179 Å². The van der Waals surface area contributed by atoms with Gasteiger partial charge in [0, 0.05) is 13.7 Å². The Bertz CT molecular complexity index is 1110. The van der Waals surface area contributed by atoms with Crippen LogP contribution in [0, 0.1) is 0 Å². The molecular formula is C20H21F3N2O5S. The van der Waals surface area contributed by atoms with E-state index in [0.717, 1.165) is 34.1 Å². The van der Waals surface area contributed by atoms with Crippen molar-refractivity contribution in [3.05, 3.63) is 54.9 Å². The number of benzene rings is 1. The van der Waals surface area contributed by atoms with Crippen LogP contribution in [0.25, 0.3) is 12.2 Å². The summed E-state index contributed by atoms with van der Waals surface area (Å²) >= 11 is 0.791. The molecule has 0 unspecified atom stereocenters. The van der Waals surface area contributed by atoms with Gasteiger partial charge in [-0.15, -0.1) is 11.3 Å². The molecule has 0 spiro atoms. The van der Waals surface area contributed by atoms with Crippen molar-refractivity contribution in [1.82, 2.24) is 9.88 Å². The highest BCUT2D eigenvalue weighted by atomic mass is 32.1. The summed E-state index contributed by atoms with van der Waals surface area (Å²) in [7, 11) is 1.46. The number of hydrogen-bond acceptors (Lipinski definition) is 6. The number of hydrogen-bond donors (Lipinski definition) is 1. The lowest BCUT2D eigenvalue weighted by Gasteiger charge is -2.09. The number of alkyl halides is 3. The van der Waals surface area contributed by atoms with Crippen molar-refractivity contribution in [2.24, 2.45) is 0 Å². The van der Waals surface area contributed by atoms with Gasteiger partial charge in [0.05, 0.1) is 29.4 Å². The maximum Gasteiger partial charge on any atom is 0.416 e. The zero-order valence-electron chi connectivity index (χ0n) is 16.8. The third kappa shape index (κ3) is 6.79. The van der Waals surface area contributed by atoms with E-state index in [9.17, 15) is 27.6 Å². The number of aromatic nitrogens is 1. The van der Waals surface area contributed by atoms with E-state index in [1.54, 1.807) is 6.92 Å². The Morgan fingerprint density at radius 1 is 1.26 bits per heavy atom. The maximum atomic E-state index is 13.3. The number of ether oxygens (including phenoxy) is 2. The maximum absolute atomic E-state index is 13.3. The van der Waals surface area contributed by atoms with E-state index in [4.69, 9.17) is 9.47 Å². The number of methoxy groups -OCH3 is 1. The molecule has 0 fully saturated rings. The molecule has 1 aromatic carbocycles. The number of nitrogens with one attached hydrogen (secondary N) is 1. The molecule has 11 heteroatoms. The van der Waals surface area contributed by atoms with E-state index in [1.165, 1.54) is 25.3 Å². The van der Waals surface area contributed by atoms with Crippen LogP contribution in [0.5, 0.6) is 0 Å². The quantitative estimate of drug-likeness (QED) is 0.469. The summed E-state index contributed by atoms with van der Waals surface area (Å²) in [6.45, 7) is 1.76. The molecule has 0 saturated carbocycles. The number of thiazole rings is 1. The minimum absolute atomic E-state index is 0.0584. The largest absolute Gasteiger partial charge is 0.463 e. The molecule has 0 bridgehead atoms. The van der Waals surface area contributed by atoms with Gasteiger partial charge in [-0.3, -0.25) is 14.2 Å². The van der Waals surface area contributed by atoms with Crippen LogP contribution < -0.4 is 20.1 Å². The van der Waals surface area contributed by atoms with Crippen molar-refractivity contribution < 1.29 is 32.2 Å². The third-order valence-corrected chi connectivity index (χ3v) is 5.01. The number of amides is 1. The van der Waals surface area contributed by atoms with Crippen LogP contribution in [-0.2, 0) is 31.8 Å². The summed E-state index contributed by atoms with van der Waals surface area (Å²) in [4.78, 5) is 36.9. The molecule has 0 aliphatic rings. The molecular weight excluding hydrogens is 437 g/mol. The van der Waals surface area contributed by atoms with Gasteiger partial charge in [0.2, 0.25) is 5.91 Å². The minimum atomic E-state index is -4.61. The first-order chi connectivity index (χ1) is 14.7. The van der Waals surface area contributed by atoms with Crippen LogP contribution in [0.4, 0.5) is 13.2 Å². The second kappa shape index (κ2) is 10.9.